The van der Waals surface area contributed by atoms with Crippen molar-refractivity contribution in [3.05, 3.63) is 35.9 Å². The van der Waals surface area contributed by atoms with Gasteiger partial charge in [0.2, 0.25) is 23.6 Å². The molecule has 1 aromatic carbocycles. The van der Waals surface area contributed by atoms with E-state index in [-0.39, 0.29) is 32.1 Å². The lowest BCUT2D eigenvalue weighted by atomic mass is 10.0. The molecule has 1 rings (SSSR count). The highest BCUT2D eigenvalue weighted by Crippen LogP contribution is 2.06. The van der Waals surface area contributed by atoms with E-state index in [1.54, 1.807) is 30.3 Å². The number of carboxylic acids is 2. The first-order valence-corrected chi connectivity index (χ1v) is 10.8. The predicted octanol–water partition coefficient (Wildman–Crippen LogP) is -1.75. The summed E-state index contributed by atoms with van der Waals surface area (Å²) in [6.45, 7) is 1.35. The van der Waals surface area contributed by atoms with Gasteiger partial charge in [-0.25, -0.2) is 4.79 Å². The summed E-state index contributed by atoms with van der Waals surface area (Å²) in [5, 5.41) is 25.2. The third-order valence-corrected chi connectivity index (χ3v) is 4.97. The molecule has 4 atom stereocenters. The Hall–Kier alpha value is -4.00. The average Bonchev–Trinajstić information content (AvgIpc) is 2.79. The molecule has 4 unspecified atom stereocenters. The van der Waals surface area contributed by atoms with Crippen molar-refractivity contribution in [2.75, 3.05) is 0 Å². The molecule has 0 fully saturated rings. The monoisotopic (exact) mass is 493 g/mol. The number of nitrogens with one attached hydrogen (secondary N) is 3. The Bertz CT molecular complexity index is 924. The van der Waals surface area contributed by atoms with Crippen molar-refractivity contribution in [3.63, 3.8) is 0 Å². The van der Waals surface area contributed by atoms with Gasteiger partial charge >= 0.3 is 11.9 Å². The minimum atomic E-state index is -1.41. The second kappa shape index (κ2) is 14.3. The Morgan fingerprint density at radius 3 is 1.97 bits per heavy atom. The van der Waals surface area contributed by atoms with Crippen LogP contribution in [0, 0.1) is 0 Å². The summed E-state index contributed by atoms with van der Waals surface area (Å²) in [6.07, 6.45) is -0.938. The van der Waals surface area contributed by atoms with Crippen molar-refractivity contribution < 1.29 is 39.0 Å². The summed E-state index contributed by atoms with van der Waals surface area (Å²) in [6, 6.07) is 3.73. The quantitative estimate of drug-likeness (QED) is 0.146. The molecule has 0 aliphatic carbocycles. The molecule has 35 heavy (non-hydrogen) atoms. The highest BCUT2D eigenvalue weighted by molar-refractivity contribution is 5.94. The fraction of sp³-hybridized carbons (Fsp3) is 0.455. The van der Waals surface area contributed by atoms with Gasteiger partial charge in [0, 0.05) is 19.3 Å². The van der Waals surface area contributed by atoms with E-state index >= 15 is 0 Å². The number of carboxylic acid groups (broad SMARTS) is 2. The average molecular weight is 494 g/mol. The van der Waals surface area contributed by atoms with E-state index in [1.165, 1.54) is 6.92 Å². The van der Waals surface area contributed by atoms with Crippen LogP contribution in [0.4, 0.5) is 0 Å². The van der Waals surface area contributed by atoms with Gasteiger partial charge in [-0.15, -0.1) is 0 Å². The van der Waals surface area contributed by atoms with Crippen LogP contribution in [0.3, 0.4) is 0 Å². The van der Waals surface area contributed by atoms with Crippen LogP contribution in [0.25, 0.3) is 0 Å². The Morgan fingerprint density at radius 1 is 0.829 bits per heavy atom. The van der Waals surface area contributed by atoms with Crippen molar-refractivity contribution >= 4 is 35.6 Å². The number of carbonyl (C=O) groups is 6. The zero-order chi connectivity index (χ0) is 26.5. The maximum atomic E-state index is 12.9. The Balaban J connectivity index is 2.91. The van der Waals surface area contributed by atoms with E-state index in [0.29, 0.717) is 5.56 Å². The highest BCUT2D eigenvalue weighted by atomic mass is 16.4. The van der Waals surface area contributed by atoms with Crippen LogP contribution in [0.15, 0.2) is 30.3 Å². The lowest BCUT2D eigenvalue weighted by Crippen LogP contribution is -2.57. The molecular weight excluding hydrogens is 462 g/mol. The first-order chi connectivity index (χ1) is 16.4. The molecular formula is C22H31N5O8. The van der Waals surface area contributed by atoms with E-state index in [4.69, 9.17) is 16.6 Å². The molecule has 9 N–H and O–H groups in total. The Labute approximate surface area is 201 Å². The number of primary amides is 1. The van der Waals surface area contributed by atoms with Crippen molar-refractivity contribution in [1.29, 1.82) is 0 Å². The molecule has 0 spiro atoms. The van der Waals surface area contributed by atoms with Gasteiger partial charge in [-0.3, -0.25) is 24.0 Å². The van der Waals surface area contributed by atoms with Gasteiger partial charge in [0.25, 0.3) is 0 Å². The lowest BCUT2D eigenvalue weighted by Gasteiger charge is -2.24. The zero-order valence-electron chi connectivity index (χ0n) is 19.2. The van der Waals surface area contributed by atoms with E-state index in [1.807, 2.05) is 0 Å². The highest BCUT2D eigenvalue weighted by Gasteiger charge is 2.29. The van der Waals surface area contributed by atoms with Gasteiger partial charge < -0.3 is 37.6 Å². The van der Waals surface area contributed by atoms with Gasteiger partial charge in [-0.05, 0) is 25.3 Å². The molecule has 0 aliphatic rings. The molecule has 4 amide bonds. The van der Waals surface area contributed by atoms with Crippen LogP contribution in [0.2, 0.25) is 0 Å². The number of aliphatic carboxylic acids is 2. The molecule has 13 heteroatoms. The largest absolute Gasteiger partial charge is 0.481 e. The SMILES string of the molecule is CC(NC(=O)C(N)CCC(=O)O)C(=O)NC(Cc1ccccc1)C(=O)NC(CCC(N)=O)C(=O)O. The van der Waals surface area contributed by atoms with Gasteiger partial charge in [-0.1, -0.05) is 30.3 Å². The Morgan fingerprint density at radius 2 is 1.43 bits per heavy atom. The summed E-state index contributed by atoms with van der Waals surface area (Å²) in [5.74, 6) is -5.52. The van der Waals surface area contributed by atoms with Gasteiger partial charge in [0.05, 0.1) is 6.04 Å². The van der Waals surface area contributed by atoms with E-state index in [9.17, 15) is 33.9 Å². The second-order valence-electron chi connectivity index (χ2n) is 7.92. The molecule has 13 nitrogen and oxygen atoms in total. The molecule has 0 heterocycles. The number of hydrogen-bond acceptors (Lipinski definition) is 7. The summed E-state index contributed by atoms with van der Waals surface area (Å²) in [7, 11) is 0. The molecule has 0 aliphatic heterocycles. The zero-order valence-corrected chi connectivity index (χ0v) is 19.2. The fourth-order valence-electron chi connectivity index (χ4n) is 2.97. The van der Waals surface area contributed by atoms with Crippen molar-refractivity contribution in [1.82, 2.24) is 16.0 Å². The third kappa shape index (κ3) is 11.1. The molecule has 0 aromatic heterocycles. The standard InChI is InChI=1S/C22H31N5O8/c1-12(25-20(32)14(23)7-10-18(29)30)19(31)27-16(11-13-5-3-2-4-6-13)21(33)26-15(22(34)35)8-9-17(24)28/h2-6,12,14-16H,7-11,23H2,1H3,(H2,24,28)(H,25,32)(H,26,33)(H,27,31)(H,29,30)(H,34,35). The van der Waals surface area contributed by atoms with Gasteiger partial charge in [-0.2, -0.15) is 0 Å². The molecule has 192 valence electrons. The second-order valence-corrected chi connectivity index (χ2v) is 7.92. The minimum absolute atomic E-state index is 0.0133. The van der Waals surface area contributed by atoms with Gasteiger partial charge in [0.15, 0.2) is 0 Å². The number of benzene rings is 1. The molecule has 0 bridgehead atoms. The molecule has 0 radical (unpaired) electrons. The minimum Gasteiger partial charge on any atom is -0.481 e. The van der Waals surface area contributed by atoms with Crippen molar-refractivity contribution in [2.24, 2.45) is 11.5 Å². The van der Waals surface area contributed by atoms with E-state index in [2.05, 4.69) is 16.0 Å². The van der Waals surface area contributed by atoms with Crippen LogP contribution < -0.4 is 27.4 Å². The summed E-state index contributed by atoms with van der Waals surface area (Å²) in [4.78, 5) is 70.8. The third-order valence-electron chi connectivity index (χ3n) is 4.97. The van der Waals surface area contributed by atoms with E-state index in [0.717, 1.165) is 0 Å². The topological polar surface area (TPSA) is 231 Å². The maximum absolute atomic E-state index is 12.9. The van der Waals surface area contributed by atoms with Gasteiger partial charge in [0.1, 0.15) is 18.1 Å². The van der Waals surface area contributed by atoms with Crippen molar-refractivity contribution in [2.45, 2.75) is 63.2 Å². The van der Waals surface area contributed by atoms with Crippen LogP contribution in [0.1, 0.15) is 38.2 Å². The lowest BCUT2D eigenvalue weighted by molar-refractivity contribution is -0.142. The number of carbonyl (C=O) groups excluding carboxylic acids is 4. The van der Waals surface area contributed by atoms with Crippen molar-refractivity contribution in [3.8, 4) is 0 Å². The Kier molecular flexibility index (Phi) is 11.9. The predicted molar refractivity (Wildman–Crippen MR) is 123 cm³/mol. The summed E-state index contributed by atoms with van der Waals surface area (Å²) in [5.41, 5.74) is 11.4. The first kappa shape index (κ1) is 29.0. The van der Waals surface area contributed by atoms with Crippen LogP contribution in [0.5, 0.6) is 0 Å². The molecule has 0 saturated heterocycles. The molecule has 1 aromatic rings. The van der Waals surface area contributed by atoms with E-state index < -0.39 is 59.7 Å². The smallest absolute Gasteiger partial charge is 0.326 e. The normalized spacial score (nSPS) is 14.0. The number of nitrogens with two attached hydrogens (primary N) is 2. The van der Waals surface area contributed by atoms with Crippen LogP contribution >= 0.6 is 0 Å². The maximum Gasteiger partial charge on any atom is 0.326 e. The number of rotatable bonds is 15. The van der Waals surface area contributed by atoms with Crippen LogP contribution in [-0.2, 0) is 35.2 Å². The number of hydrogen-bond donors (Lipinski definition) is 7. The first-order valence-electron chi connectivity index (χ1n) is 10.8. The summed E-state index contributed by atoms with van der Waals surface area (Å²) < 4.78 is 0. The fourth-order valence-corrected chi connectivity index (χ4v) is 2.97. The van der Waals surface area contributed by atoms with Crippen LogP contribution in [-0.4, -0.2) is 69.9 Å². The molecule has 0 saturated carbocycles. The number of amides is 4. The summed E-state index contributed by atoms with van der Waals surface area (Å²) >= 11 is 0.